The summed E-state index contributed by atoms with van der Waals surface area (Å²) in [4.78, 5) is 13.8. The van der Waals surface area contributed by atoms with Gasteiger partial charge in [0.05, 0.1) is 18.5 Å². The second-order valence-electron chi connectivity index (χ2n) is 4.44. The third-order valence-corrected chi connectivity index (χ3v) is 2.91. The van der Waals surface area contributed by atoms with Crippen LogP contribution in [0.15, 0.2) is 0 Å². The SMILES string of the molecule is CCC(C)C(N)C(=O)N(CCC#N)C(C)C. The minimum atomic E-state index is -0.453. The molecule has 0 rings (SSSR count). The minimum Gasteiger partial charge on any atom is -0.338 e. The van der Waals surface area contributed by atoms with Crippen LogP contribution in [0.2, 0.25) is 0 Å². The van der Waals surface area contributed by atoms with E-state index in [-0.39, 0.29) is 17.9 Å². The van der Waals surface area contributed by atoms with Gasteiger partial charge in [-0.25, -0.2) is 0 Å². The van der Waals surface area contributed by atoms with Crippen molar-refractivity contribution in [3.05, 3.63) is 0 Å². The molecule has 0 aromatic heterocycles. The summed E-state index contributed by atoms with van der Waals surface area (Å²) in [6.07, 6.45) is 1.24. The fourth-order valence-corrected chi connectivity index (χ4v) is 1.48. The molecule has 0 radical (unpaired) electrons. The summed E-state index contributed by atoms with van der Waals surface area (Å²) in [5.41, 5.74) is 5.91. The smallest absolute Gasteiger partial charge is 0.240 e. The van der Waals surface area contributed by atoms with Crippen LogP contribution >= 0.6 is 0 Å². The predicted molar refractivity (Wildman–Crippen MR) is 64.5 cm³/mol. The molecule has 0 aromatic carbocycles. The number of nitriles is 1. The highest BCUT2D eigenvalue weighted by Gasteiger charge is 2.26. The summed E-state index contributed by atoms with van der Waals surface area (Å²) < 4.78 is 0. The first-order chi connectivity index (χ1) is 7.45. The summed E-state index contributed by atoms with van der Waals surface area (Å²) in [6, 6.07) is 1.70. The summed E-state index contributed by atoms with van der Waals surface area (Å²) >= 11 is 0. The topological polar surface area (TPSA) is 70.1 Å². The van der Waals surface area contributed by atoms with Gasteiger partial charge in [0.25, 0.3) is 0 Å². The summed E-state index contributed by atoms with van der Waals surface area (Å²) in [6.45, 7) is 8.35. The standard InChI is InChI=1S/C12H23N3O/c1-5-10(4)11(14)12(16)15(9(2)3)8-6-7-13/h9-11H,5-6,8,14H2,1-4H3. The number of hydrogen-bond donors (Lipinski definition) is 1. The highest BCUT2D eigenvalue weighted by molar-refractivity contribution is 5.82. The van der Waals surface area contributed by atoms with Gasteiger partial charge in [0.2, 0.25) is 5.91 Å². The number of nitrogens with two attached hydrogens (primary N) is 1. The summed E-state index contributed by atoms with van der Waals surface area (Å²) in [5, 5.41) is 8.55. The van der Waals surface area contributed by atoms with E-state index in [0.29, 0.717) is 13.0 Å². The van der Waals surface area contributed by atoms with Crippen molar-refractivity contribution in [2.75, 3.05) is 6.54 Å². The number of rotatable bonds is 6. The van der Waals surface area contributed by atoms with Gasteiger partial charge in [0.1, 0.15) is 0 Å². The van der Waals surface area contributed by atoms with Gasteiger partial charge in [-0.3, -0.25) is 4.79 Å². The van der Waals surface area contributed by atoms with E-state index in [0.717, 1.165) is 6.42 Å². The monoisotopic (exact) mass is 225 g/mol. The van der Waals surface area contributed by atoms with E-state index in [1.54, 1.807) is 4.90 Å². The molecule has 4 heteroatoms. The van der Waals surface area contributed by atoms with Crippen LogP contribution in [-0.2, 0) is 4.79 Å². The fraction of sp³-hybridized carbons (Fsp3) is 0.833. The molecule has 0 spiro atoms. The Kier molecular flexibility index (Phi) is 6.75. The Morgan fingerprint density at radius 3 is 2.38 bits per heavy atom. The van der Waals surface area contributed by atoms with Crippen molar-refractivity contribution in [1.29, 1.82) is 5.26 Å². The summed E-state index contributed by atoms with van der Waals surface area (Å²) in [7, 11) is 0. The van der Waals surface area contributed by atoms with E-state index in [4.69, 9.17) is 11.0 Å². The maximum atomic E-state index is 12.1. The largest absolute Gasteiger partial charge is 0.338 e. The van der Waals surface area contributed by atoms with Crippen LogP contribution in [0.1, 0.15) is 40.5 Å². The van der Waals surface area contributed by atoms with E-state index in [9.17, 15) is 4.79 Å². The van der Waals surface area contributed by atoms with Crippen molar-refractivity contribution < 1.29 is 4.79 Å². The molecule has 2 N–H and O–H groups in total. The van der Waals surface area contributed by atoms with Gasteiger partial charge in [-0.1, -0.05) is 20.3 Å². The molecule has 2 unspecified atom stereocenters. The number of carbonyl (C=O) groups excluding carboxylic acids is 1. The zero-order valence-corrected chi connectivity index (χ0v) is 10.7. The average Bonchev–Trinajstić information content (AvgIpc) is 2.26. The van der Waals surface area contributed by atoms with Crippen LogP contribution in [0.5, 0.6) is 0 Å². The zero-order valence-electron chi connectivity index (χ0n) is 10.7. The molecular formula is C12H23N3O. The Bertz CT molecular complexity index is 257. The maximum absolute atomic E-state index is 12.1. The maximum Gasteiger partial charge on any atom is 0.240 e. The molecule has 0 saturated carbocycles. The minimum absolute atomic E-state index is 0.0420. The highest BCUT2D eigenvalue weighted by atomic mass is 16.2. The van der Waals surface area contributed by atoms with Gasteiger partial charge in [-0.2, -0.15) is 5.26 Å². The molecular weight excluding hydrogens is 202 g/mol. The second-order valence-corrected chi connectivity index (χ2v) is 4.44. The fourth-order valence-electron chi connectivity index (χ4n) is 1.48. The number of hydrogen-bond acceptors (Lipinski definition) is 3. The molecule has 0 aliphatic carbocycles. The van der Waals surface area contributed by atoms with Crippen LogP contribution in [0.3, 0.4) is 0 Å². The van der Waals surface area contributed by atoms with Crippen LogP contribution in [-0.4, -0.2) is 29.4 Å². The lowest BCUT2D eigenvalue weighted by molar-refractivity contribution is -0.135. The highest BCUT2D eigenvalue weighted by Crippen LogP contribution is 2.11. The molecule has 0 aliphatic heterocycles. The zero-order chi connectivity index (χ0) is 12.7. The van der Waals surface area contributed by atoms with Crippen LogP contribution in [0.4, 0.5) is 0 Å². The van der Waals surface area contributed by atoms with E-state index in [1.165, 1.54) is 0 Å². The first-order valence-electron chi connectivity index (χ1n) is 5.88. The van der Waals surface area contributed by atoms with Gasteiger partial charge < -0.3 is 10.6 Å². The Balaban J connectivity index is 4.55. The average molecular weight is 225 g/mol. The first kappa shape index (κ1) is 14.9. The van der Waals surface area contributed by atoms with E-state index >= 15 is 0 Å². The Hall–Kier alpha value is -1.08. The Labute approximate surface area is 98.4 Å². The molecule has 0 heterocycles. The predicted octanol–water partition coefficient (Wildman–Crippen LogP) is 1.51. The third kappa shape index (κ3) is 4.19. The van der Waals surface area contributed by atoms with Gasteiger partial charge >= 0.3 is 0 Å². The van der Waals surface area contributed by atoms with Crippen molar-refractivity contribution in [3.8, 4) is 6.07 Å². The number of nitrogens with zero attached hydrogens (tertiary/aromatic N) is 2. The van der Waals surface area contributed by atoms with Crippen molar-refractivity contribution in [2.24, 2.45) is 11.7 Å². The van der Waals surface area contributed by atoms with Crippen molar-refractivity contribution in [2.45, 2.75) is 52.6 Å². The van der Waals surface area contributed by atoms with E-state index < -0.39 is 6.04 Å². The molecule has 2 atom stereocenters. The number of carbonyl (C=O) groups is 1. The van der Waals surface area contributed by atoms with Crippen molar-refractivity contribution >= 4 is 5.91 Å². The van der Waals surface area contributed by atoms with Gasteiger partial charge in [0, 0.05) is 12.6 Å². The van der Waals surface area contributed by atoms with Crippen molar-refractivity contribution in [3.63, 3.8) is 0 Å². The Morgan fingerprint density at radius 1 is 1.44 bits per heavy atom. The van der Waals surface area contributed by atoms with Crippen LogP contribution < -0.4 is 5.73 Å². The lowest BCUT2D eigenvalue weighted by Gasteiger charge is -2.30. The van der Waals surface area contributed by atoms with Gasteiger partial charge in [-0.15, -0.1) is 0 Å². The molecule has 92 valence electrons. The Morgan fingerprint density at radius 2 is 2.00 bits per heavy atom. The molecule has 1 amide bonds. The molecule has 0 bridgehead atoms. The lowest BCUT2D eigenvalue weighted by Crippen LogP contribution is -2.49. The molecule has 4 nitrogen and oxygen atoms in total. The second kappa shape index (κ2) is 7.24. The van der Waals surface area contributed by atoms with E-state index in [1.807, 2.05) is 27.7 Å². The molecule has 0 aromatic rings. The third-order valence-electron chi connectivity index (χ3n) is 2.91. The molecule has 0 aliphatic rings. The molecule has 16 heavy (non-hydrogen) atoms. The van der Waals surface area contributed by atoms with Crippen LogP contribution in [0, 0.1) is 17.2 Å². The summed E-state index contributed by atoms with van der Waals surface area (Å²) in [5.74, 6) is 0.135. The van der Waals surface area contributed by atoms with E-state index in [2.05, 4.69) is 6.07 Å². The number of amides is 1. The van der Waals surface area contributed by atoms with Crippen LogP contribution in [0.25, 0.3) is 0 Å². The van der Waals surface area contributed by atoms with Gasteiger partial charge in [-0.05, 0) is 19.8 Å². The normalized spacial score (nSPS) is 14.3. The lowest BCUT2D eigenvalue weighted by atomic mass is 9.98. The van der Waals surface area contributed by atoms with Crippen molar-refractivity contribution in [1.82, 2.24) is 4.90 Å². The first-order valence-corrected chi connectivity index (χ1v) is 5.88. The molecule has 0 saturated heterocycles. The molecule has 0 fully saturated rings. The quantitative estimate of drug-likeness (QED) is 0.745. The van der Waals surface area contributed by atoms with Gasteiger partial charge in [0.15, 0.2) is 0 Å².